The lowest BCUT2D eigenvalue weighted by atomic mass is 10.1. The van der Waals surface area contributed by atoms with Gasteiger partial charge in [-0.2, -0.15) is 9.50 Å². The average Bonchev–Trinajstić information content (AvgIpc) is 3.21. The second-order valence-electron chi connectivity index (χ2n) is 7.45. The molecule has 9 nitrogen and oxygen atoms in total. The van der Waals surface area contributed by atoms with Crippen LogP contribution in [-0.2, 0) is 17.8 Å². The summed E-state index contributed by atoms with van der Waals surface area (Å²) in [6, 6.07) is 14.5. The maximum atomic E-state index is 13.0. The highest BCUT2D eigenvalue weighted by Gasteiger charge is 2.15. The van der Waals surface area contributed by atoms with E-state index in [1.54, 1.807) is 38.3 Å². The zero-order valence-corrected chi connectivity index (χ0v) is 18.9. The highest BCUT2D eigenvalue weighted by Crippen LogP contribution is 2.17. The van der Waals surface area contributed by atoms with Crippen LogP contribution in [0.3, 0.4) is 0 Å². The molecule has 0 aliphatic carbocycles. The first kappa shape index (κ1) is 22.3. The molecule has 2 aromatic heterocycles. The van der Waals surface area contributed by atoms with E-state index < -0.39 is 0 Å². The van der Waals surface area contributed by atoms with Crippen molar-refractivity contribution in [3.05, 3.63) is 80.7 Å². The van der Waals surface area contributed by atoms with E-state index in [1.165, 1.54) is 4.52 Å². The summed E-state index contributed by atoms with van der Waals surface area (Å²) in [5, 5.41) is 9.55. The van der Waals surface area contributed by atoms with E-state index in [1.807, 2.05) is 24.3 Å². The Morgan fingerprint density at radius 3 is 2.73 bits per heavy atom. The molecule has 0 saturated heterocycles. The summed E-state index contributed by atoms with van der Waals surface area (Å²) < 4.78 is 6.45. The number of hydrogen-bond acceptors (Lipinski definition) is 6. The molecule has 4 aromatic rings. The number of aromatic amines is 1. The van der Waals surface area contributed by atoms with Gasteiger partial charge in [-0.05, 0) is 43.2 Å². The van der Waals surface area contributed by atoms with Gasteiger partial charge in [-0.15, -0.1) is 0 Å². The molecule has 3 N–H and O–H groups in total. The Hall–Kier alpha value is -3.85. The van der Waals surface area contributed by atoms with E-state index in [9.17, 15) is 9.59 Å². The van der Waals surface area contributed by atoms with Crippen molar-refractivity contribution in [1.29, 1.82) is 0 Å². The molecule has 0 atom stereocenters. The van der Waals surface area contributed by atoms with Crippen LogP contribution >= 0.6 is 11.6 Å². The van der Waals surface area contributed by atoms with Gasteiger partial charge in [0.05, 0.1) is 12.8 Å². The van der Waals surface area contributed by atoms with E-state index >= 15 is 0 Å². The van der Waals surface area contributed by atoms with E-state index in [-0.39, 0.29) is 30.1 Å². The van der Waals surface area contributed by atoms with Gasteiger partial charge in [0.15, 0.2) is 0 Å². The van der Waals surface area contributed by atoms with E-state index in [2.05, 4.69) is 25.7 Å². The van der Waals surface area contributed by atoms with Crippen LogP contribution in [0.1, 0.15) is 23.2 Å². The van der Waals surface area contributed by atoms with Crippen molar-refractivity contribution >= 4 is 34.9 Å². The van der Waals surface area contributed by atoms with Crippen LogP contribution in [0.2, 0.25) is 5.02 Å². The number of aryl methyl sites for hydroxylation is 1. The molecule has 2 aromatic carbocycles. The molecule has 0 fully saturated rings. The molecule has 0 bridgehead atoms. The molecule has 0 aliphatic heterocycles. The number of nitrogens with one attached hydrogen (secondary N) is 3. The smallest absolute Gasteiger partial charge is 0.277 e. The fraction of sp³-hybridized carbons (Fsp3) is 0.217. The number of hydrogen-bond donors (Lipinski definition) is 3. The van der Waals surface area contributed by atoms with Gasteiger partial charge in [-0.25, -0.2) is 4.98 Å². The number of carbonyl (C=O) groups excluding carboxylic acids is 1. The van der Waals surface area contributed by atoms with Crippen molar-refractivity contribution in [3.63, 3.8) is 0 Å². The highest BCUT2D eigenvalue weighted by molar-refractivity contribution is 6.30. The largest absolute Gasteiger partial charge is 0.497 e. The molecule has 0 spiro atoms. The van der Waals surface area contributed by atoms with Crippen LogP contribution in [-0.4, -0.2) is 32.6 Å². The third kappa shape index (κ3) is 5.32. The van der Waals surface area contributed by atoms with Gasteiger partial charge in [0.25, 0.3) is 11.3 Å². The average molecular weight is 467 g/mol. The van der Waals surface area contributed by atoms with E-state index in [4.69, 9.17) is 16.3 Å². The van der Waals surface area contributed by atoms with Crippen molar-refractivity contribution in [1.82, 2.24) is 19.6 Å². The van der Waals surface area contributed by atoms with Crippen molar-refractivity contribution < 1.29 is 9.53 Å². The zero-order valence-electron chi connectivity index (χ0n) is 18.2. The lowest BCUT2D eigenvalue weighted by Crippen LogP contribution is -2.23. The molecule has 0 radical (unpaired) electrons. The standard InChI is InChI=1S/C23H23ClN6O3/c1-14-19(10-11-20(31)27-17-4-3-5-18(12-17)33-2)21(32)30-23(26-14)28-22(29-30)25-13-15-6-8-16(24)9-7-15/h3-9,12H,10-11,13H2,1-2H3,(H,27,31)(H2,25,26,28,29). The minimum absolute atomic E-state index is 0.136. The highest BCUT2D eigenvalue weighted by atomic mass is 35.5. The Kier molecular flexibility index (Phi) is 6.60. The number of aromatic nitrogens is 4. The summed E-state index contributed by atoms with van der Waals surface area (Å²) in [5.74, 6) is 1.13. The maximum Gasteiger partial charge on any atom is 0.277 e. The second kappa shape index (κ2) is 9.74. The maximum absolute atomic E-state index is 13.0. The van der Waals surface area contributed by atoms with Crippen LogP contribution in [0.5, 0.6) is 5.75 Å². The van der Waals surface area contributed by atoms with Crippen LogP contribution in [0.4, 0.5) is 11.6 Å². The van der Waals surface area contributed by atoms with Gasteiger partial charge in [-0.3, -0.25) is 14.7 Å². The fourth-order valence-corrected chi connectivity index (χ4v) is 3.50. The number of fused-ring (bicyclic) bond motifs is 1. The third-order valence-electron chi connectivity index (χ3n) is 5.12. The van der Waals surface area contributed by atoms with Crippen molar-refractivity contribution in [2.45, 2.75) is 26.3 Å². The molecule has 170 valence electrons. The topological polar surface area (TPSA) is 113 Å². The number of anilines is 2. The Bertz CT molecular complexity index is 1350. The minimum Gasteiger partial charge on any atom is -0.497 e. The first-order chi connectivity index (χ1) is 15.9. The van der Waals surface area contributed by atoms with Gasteiger partial charge in [0, 0.05) is 35.3 Å². The van der Waals surface area contributed by atoms with Crippen LogP contribution < -0.4 is 20.9 Å². The van der Waals surface area contributed by atoms with Gasteiger partial charge < -0.3 is 15.4 Å². The quantitative estimate of drug-likeness (QED) is 0.366. The van der Waals surface area contributed by atoms with E-state index in [0.29, 0.717) is 40.2 Å². The first-order valence-corrected chi connectivity index (χ1v) is 10.7. The second-order valence-corrected chi connectivity index (χ2v) is 7.89. The molecule has 1 amide bonds. The molecule has 4 rings (SSSR count). The normalized spacial score (nSPS) is 10.9. The van der Waals surface area contributed by atoms with Gasteiger partial charge in [-0.1, -0.05) is 29.8 Å². The molecular weight excluding hydrogens is 444 g/mol. The lowest BCUT2D eigenvalue weighted by Gasteiger charge is -2.08. The molecule has 10 heteroatoms. The lowest BCUT2D eigenvalue weighted by molar-refractivity contribution is -0.116. The van der Waals surface area contributed by atoms with Crippen LogP contribution in [0, 0.1) is 6.92 Å². The van der Waals surface area contributed by atoms with Gasteiger partial charge in [0.2, 0.25) is 11.9 Å². The number of halogens is 1. The Morgan fingerprint density at radius 2 is 1.97 bits per heavy atom. The number of H-pyrrole nitrogens is 1. The Morgan fingerprint density at radius 1 is 1.18 bits per heavy atom. The molecule has 0 saturated carbocycles. The Labute approximate surface area is 194 Å². The first-order valence-electron chi connectivity index (χ1n) is 10.3. The molecular formula is C23H23ClN6O3. The Balaban J connectivity index is 1.44. The predicted molar refractivity (Wildman–Crippen MR) is 127 cm³/mol. The third-order valence-corrected chi connectivity index (χ3v) is 5.38. The molecule has 33 heavy (non-hydrogen) atoms. The van der Waals surface area contributed by atoms with Crippen molar-refractivity contribution in [2.75, 3.05) is 17.7 Å². The number of ether oxygens (including phenoxy) is 1. The molecule has 0 unspecified atom stereocenters. The summed E-state index contributed by atoms with van der Waals surface area (Å²) in [5.41, 5.74) is 2.37. The number of methoxy groups -OCH3 is 1. The summed E-state index contributed by atoms with van der Waals surface area (Å²) >= 11 is 5.91. The van der Waals surface area contributed by atoms with E-state index in [0.717, 1.165) is 5.56 Å². The predicted octanol–water partition coefficient (Wildman–Crippen LogP) is 3.57. The number of rotatable bonds is 8. The summed E-state index contributed by atoms with van der Waals surface area (Å²) in [4.78, 5) is 34.2. The summed E-state index contributed by atoms with van der Waals surface area (Å²) in [6.45, 7) is 2.24. The number of nitrogens with zero attached hydrogens (tertiary/aromatic N) is 3. The summed E-state index contributed by atoms with van der Waals surface area (Å²) in [7, 11) is 1.56. The number of carbonyl (C=O) groups is 1. The minimum atomic E-state index is -0.279. The van der Waals surface area contributed by atoms with Crippen LogP contribution in [0.25, 0.3) is 5.78 Å². The summed E-state index contributed by atoms with van der Waals surface area (Å²) in [6.07, 6.45) is 0.389. The number of amides is 1. The van der Waals surface area contributed by atoms with Gasteiger partial charge >= 0.3 is 0 Å². The monoisotopic (exact) mass is 466 g/mol. The van der Waals surface area contributed by atoms with Crippen LogP contribution in [0.15, 0.2) is 53.3 Å². The molecule has 2 heterocycles. The number of benzene rings is 2. The SMILES string of the molecule is COc1cccc(NC(=O)CCc2c(C)nc3nc(NCc4ccc(Cl)cc4)[nH]n3c2=O)c1. The molecule has 0 aliphatic rings. The fourth-order valence-electron chi connectivity index (χ4n) is 3.37. The van der Waals surface area contributed by atoms with Gasteiger partial charge in [0.1, 0.15) is 5.75 Å². The zero-order chi connectivity index (χ0) is 23.4. The van der Waals surface area contributed by atoms with Crippen molar-refractivity contribution in [2.24, 2.45) is 0 Å². The van der Waals surface area contributed by atoms with Crippen molar-refractivity contribution in [3.8, 4) is 5.75 Å².